The molecule has 3 heterocycles. The van der Waals surface area contributed by atoms with Gasteiger partial charge in [-0.2, -0.15) is 0 Å². The highest BCUT2D eigenvalue weighted by Gasteiger charge is 2.48. The van der Waals surface area contributed by atoms with Crippen molar-refractivity contribution in [1.29, 1.82) is 0 Å². The summed E-state index contributed by atoms with van der Waals surface area (Å²) in [7, 11) is 0. The van der Waals surface area contributed by atoms with Gasteiger partial charge in [0, 0.05) is 49.4 Å². The molecule has 3 aliphatic rings. The molecule has 6 rings (SSSR count). The number of fused-ring (bicyclic) bond motifs is 1. The van der Waals surface area contributed by atoms with Gasteiger partial charge < -0.3 is 10.1 Å². The minimum atomic E-state index is -0.294. The molecule has 8 heteroatoms. The second kappa shape index (κ2) is 9.73. The van der Waals surface area contributed by atoms with E-state index in [1.807, 2.05) is 18.2 Å². The van der Waals surface area contributed by atoms with E-state index in [0.717, 1.165) is 42.4 Å². The van der Waals surface area contributed by atoms with Crippen molar-refractivity contribution >= 4 is 22.6 Å². The summed E-state index contributed by atoms with van der Waals surface area (Å²) in [5.74, 6) is -0.294. The van der Waals surface area contributed by atoms with Crippen molar-refractivity contribution < 1.29 is 9.53 Å². The van der Waals surface area contributed by atoms with Gasteiger partial charge in [0.1, 0.15) is 11.2 Å². The summed E-state index contributed by atoms with van der Waals surface area (Å²) in [5, 5.41) is 3.88. The fourth-order valence-electron chi connectivity index (χ4n) is 6.02. The third-order valence-corrected chi connectivity index (χ3v) is 8.35. The molecule has 0 atom stereocenters. The number of rotatable bonds is 6. The molecule has 2 aromatic heterocycles. The molecule has 0 bridgehead atoms. The molecule has 1 aliphatic heterocycles. The number of ether oxygens (including phenoxy) is 1. The fourth-order valence-corrected chi connectivity index (χ4v) is 6.02. The molecule has 8 nitrogen and oxygen atoms in total. The number of morpholine rings is 1. The van der Waals surface area contributed by atoms with Gasteiger partial charge in [-0.15, -0.1) is 0 Å². The Labute approximate surface area is 216 Å². The second-order valence-electron chi connectivity index (χ2n) is 10.7. The summed E-state index contributed by atoms with van der Waals surface area (Å²) in [6, 6.07) is 11.2. The summed E-state index contributed by atoms with van der Waals surface area (Å²) in [5.41, 5.74) is 3.28. The second-order valence-corrected chi connectivity index (χ2v) is 10.7. The number of carbonyl (C=O) groups is 1. The standard InChI is InChI=1S/C29H31N5O3/c1-30-23-5-3-20(4-6-23)22-15-21-16-25(27(35)32-24-17-29(18-24)7-2-8-29)28(36)34(26(21)31-19-22)10-9-33-11-13-37-14-12-33/h3-6,15-16,19,24H,2,7-14,17-18H2,(H,32,35). The first-order chi connectivity index (χ1) is 18.0. The average Bonchev–Trinajstić information content (AvgIpc) is 2.89. The van der Waals surface area contributed by atoms with E-state index in [1.54, 1.807) is 29.0 Å². The molecule has 190 valence electrons. The van der Waals surface area contributed by atoms with Crippen LogP contribution in [0.25, 0.3) is 27.0 Å². The van der Waals surface area contributed by atoms with Gasteiger partial charge in [-0.3, -0.25) is 19.1 Å². The number of hydrogen-bond acceptors (Lipinski definition) is 5. The van der Waals surface area contributed by atoms with E-state index in [0.29, 0.717) is 43.1 Å². The fraction of sp³-hybridized carbons (Fsp3) is 0.448. The van der Waals surface area contributed by atoms with E-state index < -0.39 is 0 Å². The molecule has 2 aliphatic carbocycles. The molecule has 0 unspecified atom stereocenters. The zero-order valence-corrected chi connectivity index (χ0v) is 20.9. The van der Waals surface area contributed by atoms with Gasteiger partial charge in [0.15, 0.2) is 5.69 Å². The van der Waals surface area contributed by atoms with Crippen LogP contribution in [0.2, 0.25) is 0 Å². The lowest BCUT2D eigenvalue weighted by atomic mass is 9.54. The lowest BCUT2D eigenvalue weighted by molar-refractivity contribution is -0.000652. The Kier molecular flexibility index (Phi) is 6.27. The van der Waals surface area contributed by atoms with E-state index >= 15 is 0 Å². The minimum absolute atomic E-state index is 0.148. The first-order valence-electron chi connectivity index (χ1n) is 13.2. The molecule has 1 aromatic carbocycles. The maximum atomic E-state index is 13.6. The molecule has 37 heavy (non-hydrogen) atoms. The molecule has 1 saturated heterocycles. The first-order valence-corrected chi connectivity index (χ1v) is 13.2. The van der Waals surface area contributed by atoms with Crippen LogP contribution in [0.15, 0.2) is 47.4 Å². The van der Waals surface area contributed by atoms with Crippen LogP contribution < -0.4 is 10.9 Å². The molecular formula is C29H31N5O3. The van der Waals surface area contributed by atoms with Crippen LogP contribution in [0, 0.1) is 12.0 Å². The summed E-state index contributed by atoms with van der Waals surface area (Å²) >= 11 is 0. The number of aromatic nitrogens is 2. The maximum Gasteiger partial charge on any atom is 0.265 e. The minimum Gasteiger partial charge on any atom is -0.379 e. The molecule has 1 spiro atoms. The van der Waals surface area contributed by atoms with Crippen LogP contribution in [0.5, 0.6) is 0 Å². The third kappa shape index (κ3) is 4.65. The highest BCUT2D eigenvalue weighted by Crippen LogP contribution is 2.55. The quantitative estimate of drug-likeness (QED) is 0.521. The topological polar surface area (TPSA) is 80.8 Å². The smallest absolute Gasteiger partial charge is 0.265 e. The van der Waals surface area contributed by atoms with E-state index in [9.17, 15) is 9.59 Å². The normalized spacial score (nSPS) is 19.2. The lowest BCUT2D eigenvalue weighted by Crippen LogP contribution is -2.54. The Morgan fingerprint density at radius 1 is 1.11 bits per heavy atom. The van der Waals surface area contributed by atoms with Crippen molar-refractivity contribution in [3.63, 3.8) is 0 Å². The monoisotopic (exact) mass is 497 g/mol. The Morgan fingerprint density at radius 2 is 1.86 bits per heavy atom. The molecule has 1 amide bonds. The third-order valence-electron chi connectivity index (χ3n) is 8.35. The molecule has 1 N–H and O–H groups in total. The molecular weight excluding hydrogens is 466 g/mol. The molecule has 3 aromatic rings. The Bertz CT molecular complexity index is 1420. The summed E-state index contributed by atoms with van der Waals surface area (Å²) in [6.45, 7) is 11.4. The molecule has 3 fully saturated rings. The van der Waals surface area contributed by atoms with Crippen LogP contribution in [-0.2, 0) is 11.3 Å². The van der Waals surface area contributed by atoms with E-state index in [2.05, 4.69) is 20.0 Å². The Morgan fingerprint density at radius 3 is 2.54 bits per heavy atom. The summed E-state index contributed by atoms with van der Waals surface area (Å²) < 4.78 is 7.11. The number of pyridine rings is 2. The SMILES string of the molecule is [C-]#[N+]c1ccc(-c2cnc3c(c2)cc(C(=O)NC2CC4(CCC4)C2)c(=O)n3CCN2CCOCC2)cc1. The van der Waals surface area contributed by atoms with Gasteiger partial charge in [-0.1, -0.05) is 30.7 Å². The van der Waals surface area contributed by atoms with Crippen molar-refractivity contribution in [1.82, 2.24) is 19.8 Å². The number of nitrogens with zero attached hydrogens (tertiary/aromatic N) is 4. The Hall–Kier alpha value is -3.54. The van der Waals surface area contributed by atoms with Gasteiger partial charge in [0.05, 0.1) is 19.8 Å². The summed E-state index contributed by atoms with van der Waals surface area (Å²) in [4.78, 5) is 37.3. The van der Waals surface area contributed by atoms with Crippen molar-refractivity contribution in [2.45, 2.75) is 44.7 Å². The van der Waals surface area contributed by atoms with Gasteiger partial charge in [-0.05, 0) is 48.8 Å². The highest BCUT2D eigenvalue weighted by atomic mass is 16.5. The van der Waals surface area contributed by atoms with Crippen molar-refractivity contribution in [2.75, 3.05) is 32.8 Å². The van der Waals surface area contributed by atoms with Crippen molar-refractivity contribution in [3.05, 3.63) is 69.9 Å². The van der Waals surface area contributed by atoms with Gasteiger partial charge in [0.25, 0.3) is 11.5 Å². The van der Waals surface area contributed by atoms with Crippen LogP contribution in [0.1, 0.15) is 42.5 Å². The van der Waals surface area contributed by atoms with Crippen LogP contribution >= 0.6 is 0 Å². The molecule has 0 radical (unpaired) electrons. The van der Waals surface area contributed by atoms with Crippen LogP contribution in [-0.4, -0.2) is 59.2 Å². The zero-order valence-electron chi connectivity index (χ0n) is 20.9. The Balaban J connectivity index is 1.33. The summed E-state index contributed by atoms with van der Waals surface area (Å²) in [6.07, 6.45) is 7.60. The number of carbonyl (C=O) groups excluding carboxylic acids is 1. The number of nitrogens with one attached hydrogen (secondary N) is 1. The number of benzene rings is 1. The predicted molar refractivity (Wildman–Crippen MR) is 142 cm³/mol. The lowest BCUT2D eigenvalue weighted by Gasteiger charge is -2.54. The van der Waals surface area contributed by atoms with Gasteiger partial charge >= 0.3 is 0 Å². The average molecular weight is 498 g/mol. The van der Waals surface area contributed by atoms with E-state index in [-0.39, 0.29) is 23.1 Å². The largest absolute Gasteiger partial charge is 0.379 e. The first kappa shape index (κ1) is 23.8. The number of amides is 1. The van der Waals surface area contributed by atoms with Crippen molar-refractivity contribution in [2.24, 2.45) is 5.41 Å². The highest BCUT2D eigenvalue weighted by molar-refractivity contribution is 5.97. The number of hydrogen-bond donors (Lipinski definition) is 1. The van der Waals surface area contributed by atoms with Crippen molar-refractivity contribution in [3.8, 4) is 11.1 Å². The van der Waals surface area contributed by atoms with E-state index in [4.69, 9.17) is 11.3 Å². The van der Waals surface area contributed by atoms with Gasteiger partial charge in [-0.25, -0.2) is 9.83 Å². The van der Waals surface area contributed by atoms with Gasteiger partial charge in [0.2, 0.25) is 0 Å². The predicted octanol–water partition coefficient (Wildman–Crippen LogP) is 4.01. The maximum absolute atomic E-state index is 13.6. The van der Waals surface area contributed by atoms with E-state index in [1.165, 1.54) is 19.3 Å². The molecule has 2 saturated carbocycles. The van der Waals surface area contributed by atoms with Crippen LogP contribution in [0.4, 0.5) is 5.69 Å². The zero-order chi connectivity index (χ0) is 25.4. The van der Waals surface area contributed by atoms with Crippen LogP contribution in [0.3, 0.4) is 0 Å².